The van der Waals surface area contributed by atoms with Gasteiger partial charge in [-0.2, -0.15) is 0 Å². The molecule has 1 saturated heterocycles. The molecule has 1 saturated carbocycles. The van der Waals surface area contributed by atoms with Gasteiger partial charge in [0.2, 0.25) is 5.89 Å². The van der Waals surface area contributed by atoms with Crippen molar-refractivity contribution in [2.24, 2.45) is 11.8 Å². The van der Waals surface area contributed by atoms with Gasteiger partial charge in [-0.3, -0.25) is 0 Å². The molecule has 2 atom stereocenters. The number of piperidine rings is 1. The Labute approximate surface area is 108 Å². The molecule has 3 rings (SSSR count). The van der Waals surface area contributed by atoms with Crippen molar-refractivity contribution in [3.63, 3.8) is 0 Å². The summed E-state index contributed by atoms with van der Waals surface area (Å²) in [5.74, 6) is 2.46. The van der Waals surface area contributed by atoms with Crippen molar-refractivity contribution < 1.29 is 4.42 Å². The van der Waals surface area contributed by atoms with Gasteiger partial charge in [0.1, 0.15) is 0 Å². The fraction of sp³-hybridized carbons (Fsp3) is 0.846. The first-order valence-corrected chi connectivity index (χ1v) is 7.08. The van der Waals surface area contributed by atoms with E-state index in [1.165, 1.54) is 32.1 Å². The molecule has 5 nitrogen and oxygen atoms in total. The van der Waals surface area contributed by atoms with Gasteiger partial charge in [-0.15, -0.1) is 5.10 Å². The average molecular weight is 250 g/mol. The van der Waals surface area contributed by atoms with Gasteiger partial charge in [-0.05, 0) is 31.7 Å². The highest BCUT2D eigenvalue weighted by Crippen LogP contribution is 2.37. The summed E-state index contributed by atoms with van der Waals surface area (Å²) in [6.45, 7) is 2.82. The molecule has 1 aromatic heterocycles. The van der Waals surface area contributed by atoms with E-state index in [9.17, 15) is 0 Å². The van der Waals surface area contributed by atoms with E-state index in [-0.39, 0.29) is 0 Å². The van der Waals surface area contributed by atoms with E-state index in [4.69, 9.17) is 4.42 Å². The first kappa shape index (κ1) is 12.0. The summed E-state index contributed by atoms with van der Waals surface area (Å²) in [7, 11) is 1.89. The number of hydrogen-bond acceptors (Lipinski definition) is 5. The lowest BCUT2D eigenvalue weighted by atomic mass is 9.75. The number of aromatic nitrogens is 2. The highest BCUT2D eigenvalue weighted by molar-refractivity contribution is 5.25. The molecular weight excluding hydrogens is 228 g/mol. The Morgan fingerprint density at radius 2 is 2.06 bits per heavy atom. The fourth-order valence-electron chi connectivity index (χ4n) is 3.37. The molecule has 100 valence electrons. The molecule has 0 aromatic carbocycles. The number of anilines is 1. The fourth-order valence-corrected chi connectivity index (χ4v) is 3.37. The third-order valence-electron chi connectivity index (χ3n) is 4.35. The molecule has 2 aliphatic rings. The van der Waals surface area contributed by atoms with Gasteiger partial charge in [-0.25, -0.2) is 0 Å². The SMILES string of the molecule is CNCc1nnc(N2CC[C@@H]3CCCC[C@@H]3C2)o1. The molecule has 18 heavy (non-hydrogen) atoms. The molecule has 0 bridgehead atoms. The molecule has 0 radical (unpaired) electrons. The summed E-state index contributed by atoms with van der Waals surface area (Å²) in [4.78, 5) is 2.28. The van der Waals surface area contributed by atoms with Crippen LogP contribution in [0.15, 0.2) is 4.42 Å². The van der Waals surface area contributed by atoms with Crippen LogP contribution in [0.25, 0.3) is 0 Å². The van der Waals surface area contributed by atoms with Crippen LogP contribution in [-0.4, -0.2) is 30.3 Å². The topological polar surface area (TPSA) is 54.2 Å². The summed E-state index contributed by atoms with van der Waals surface area (Å²) in [5, 5.41) is 11.3. The van der Waals surface area contributed by atoms with Crippen molar-refractivity contribution in [3.8, 4) is 0 Å². The van der Waals surface area contributed by atoms with Crippen LogP contribution in [0.4, 0.5) is 6.01 Å². The monoisotopic (exact) mass is 250 g/mol. The van der Waals surface area contributed by atoms with Crippen LogP contribution in [0.5, 0.6) is 0 Å². The summed E-state index contributed by atoms with van der Waals surface area (Å²) >= 11 is 0. The van der Waals surface area contributed by atoms with Crippen molar-refractivity contribution in [2.75, 3.05) is 25.0 Å². The minimum Gasteiger partial charge on any atom is -0.407 e. The Kier molecular flexibility index (Phi) is 3.50. The van der Waals surface area contributed by atoms with Crippen molar-refractivity contribution in [3.05, 3.63) is 5.89 Å². The lowest BCUT2D eigenvalue weighted by Gasteiger charge is -2.40. The van der Waals surface area contributed by atoms with Crippen molar-refractivity contribution >= 4 is 6.01 Å². The highest BCUT2D eigenvalue weighted by atomic mass is 16.4. The maximum Gasteiger partial charge on any atom is 0.318 e. The zero-order chi connectivity index (χ0) is 12.4. The lowest BCUT2D eigenvalue weighted by molar-refractivity contribution is 0.198. The summed E-state index contributed by atoms with van der Waals surface area (Å²) in [5.41, 5.74) is 0. The van der Waals surface area contributed by atoms with Crippen LogP contribution >= 0.6 is 0 Å². The molecule has 2 fully saturated rings. The van der Waals surface area contributed by atoms with Gasteiger partial charge in [0, 0.05) is 13.1 Å². The van der Waals surface area contributed by atoms with Gasteiger partial charge >= 0.3 is 6.01 Å². The lowest BCUT2D eigenvalue weighted by Crippen LogP contribution is -2.42. The van der Waals surface area contributed by atoms with E-state index in [1.807, 2.05) is 7.05 Å². The first-order valence-electron chi connectivity index (χ1n) is 7.08. The molecule has 1 N–H and O–H groups in total. The predicted molar refractivity (Wildman–Crippen MR) is 69.3 cm³/mol. The molecule has 2 heterocycles. The predicted octanol–water partition coefficient (Wildman–Crippen LogP) is 1.81. The van der Waals surface area contributed by atoms with E-state index >= 15 is 0 Å². The maximum atomic E-state index is 5.68. The maximum absolute atomic E-state index is 5.68. The molecule has 1 aromatic rings. The van der Waals surface area contributed by atoms with E-state index in [0.717, 1.165) is 24.9 Å². The first-order chi connectivity index (χ1) is 8.86. The number of fused-ring (bicyclic) bond motifs is 1. The highest BCUT2D eigenvalue weighted by Gasteiger charge is 2.32. The van der Waals surface area contributed by atoms with Gasteiger partial charge < -0.3 is 14.6 Å². The van der Waals surface area contributed by atoms with E-state index in [2.05, 4.69) is 20.4 Å². The molecule has 0 spiro atoms. The van der Waals surface area contributed by atoms with Crippen LogP contribution in [-0.2, 0) is 6.54 Å². The van der Waals surface area contributed by atoms with E-state index < -0.39 is 0 Å². The molecule has 5 heteroatoms. The van der Waals surface area contributed by atoms with Gasteiger partial charge in [0.05, 0.1) is 6.54 Å². The van der Waals surface area contributed by atoms with E-state index in [1.54, 1.807) is 0 Å². The van der Waals surface area contributed by atoms with Crippen molar-refractivity contribution in [1.29, 1.82) is 0 Å². The molecule has 1 aliphatic carbocycles. The second-order valence-corrected chi connectivity index (χ2v) is 5.55. The van der Waals surface area contributed by atoms with Crippen molar-refractivity contribution in [2.45, 2.75) is 38.6 Å². The minimum absolute atomic E-state index is 0.646. The average Bonchev–Trinajstić information content (AvgIpc) is 2.87. The van der Waals surface area contributed by atoms with Crippen LogP contribution in [0.2, 0.25) is 0 Å². The van der Waals surface area contributed by atoms with Crippen molar-refractivity contribution in [1.82, 2.24) is 15.5 Å². The molecular formula is C13H22N4O. The van der Waals surface area contributed by atoms with Crippen LogP contribution < -0.4 is 10.2 Å². The zero-order valence-electron chi connectivity index (χ0n) is 11.1. The number of nitrogens with zero attached hydrogens (tertiary/aromatic N) is 3. The smallest absolute Gasteiger partial charge is 0.318 e. The third-order valence-corrected chi connectivity index (χ3v) is 4.35. The van der Waals surface area contributed by atoms with Gasteiger partial charge in [0.25, 0.3) is 0 Å². The van der Waals surface area contributed by atoms with Gasteiger partial charge in [0.15, 0.2) is 0 Å². The van der Waals surface area contributed by atoms with Crippen LogP contribution in [0.1, 0.15) is 38.0 Å². The third kappa shape index (κ3) is 2.36. The second kappa shape index (κ2) is 5.26. The Bertz CT molecular complexity index is 392. The summed E-state index contributed by atoms with van der Waals surface area (Å²) < 4.78 is 5.68. The molecule has 0 unspecified atom stereocenters. The van der Waals surface area contributed by atoms with E-state index in [0.29, 0.717) is 18.5 Å². The molecule has 1 aliphatic heterocycles. The van der Waals surface area contributed by atoms with Crippen LogP contribution in [0, 0.1) is 11.8 Å². The van der Waals surface area contributed by atoms with Crippen LogP contribution in [0.3, 0.4) is 0 Å². The Morgan fingerprint density at radius 3 is 2.89 bits per heavy atom. The standard InChI is InChI=1S/C13H22N4O/c1-14-8-12-15-16-13(18-12)17-7-6-10-4-2-3-5-11(10)9-17/h10-11,14H,2-9H2,1H3/t10-,11+/m0/s1. The summed E-state index contributed by atoms with van der Waals surface area (Å²) in [6.07, 6.45) is 6.90. The number of rotatable bonds is 3. The largest absolute Gasteiger partial charge is 0.407 e. The number of nitrogens with one attached hydrogen (secondary N) is 1. The zero-order valence-corrected chi connectivity index (χ0v) is 11.1. The van der Waals surface area contributed by atoms with Gasteiger partial charge in [-0.1, -0.05) is 24.4 Å². The molecule has 0 amide bonds. The Hall–Kier alpha value is -1.10. The second-order valence-electron chi connectivity index (χ2n) is 5.55. The Balaban J connectivity index is 1.65. The normalized spacial score (nSPS) is 28.2. The quantitative estimate of drug-likeness (QED) is 0.886. The minimum atomic E-state index is 0.646. The Morgan fingerprint density at radius 1 is 1.22 bits per heavy atom. The number of hydrogen-bond donors (Lipinski definition) is 1. The summed E-state index contributed by atoms with van der Waals surface area (Å²) in [6, 6.07) is 0.712.